The minimum atomic E-state index is -3.17. The van der Waals surface area contributed by atoms with E-state index in [4.69, 9.17) is 24.7 Å². The number of hydrogen-bond acceptors (Lipinski definition) is 10. The van der Waals surface area contributed by atoms with E-state index in [1.54, 1.807) is 27.1 Å². The normalized spacial score (nSPS) is 16.0. The van der Waals surface area contributed by atoms with Crippen LogP contribution in [-0.2, 0) is 31.8 Å². The number of benzene rings is 1. The third-order valence-corrected chi connectivity index (χ3v) is 8.15. The van der Waals surface area contributed by atoms with Crippen molar-refractivity contribution in [2.24, 2.45) is 0 Å². The molecule has 0 spiro atoms. The Morgan fingerprint density at radius 1 is 1.19 bits per heavy atom. The van der Waals surface area contributed by atoms with Crippen molar-refractivity contribution in [2.45, 2.75) is 58.9 Å². The lowest BCUT2D eigenvalue weighted by molar-refractivity contribution is -0.148. The Kier molecular flexibility index (Phi) is 8.31. The lowest BCUT2D eigenvalue weighted by atomic mass is 10.1. The number of nitrogens with two attached hydrogens (primary N) is 1. The van der Waals surface area contributed by atoms with Crippen molar-refractivity contribution in [3.8, 4) is 11.5 Å². The van der Waals surface area contributed by atoms with Crippen LogP contribution in [0.25, 0.3) is 11.2 Å². The third-order valence-electron chi connectivity index (χ3n) is 5.78. The molecule has 0 fully saturated rings. The van der Waals surface area contributed by atoms with Gasteiger partial charge in [0, 0.05) is 6.16 Å². The summed E-state index contributed by atoms with van der Waals surface area (Å²) in [6, 6.07) is 4.86. The minimum Gasteiger partial charge on any atom is -0.462 e. The first-order valence-electron chi connectivity index (χ1n) is 12.1. The maximum Gasteiger partial charge on any atom is 0.323 e. The lowest BCUT2D eigenvalue weighted by Gasteiger charge is -2.25. The second kappa shape index (κ2) is 11.5. The molecular formula is C24H33N6O6P. The van der Waals surface area contributed by atoms with Crippen molar-refractivity contribution in [3.05, 3.63) is 36.4 Å². The Hall–Kier alpha value is -3.21. The van der Waals surface area contributed by atoms with Crippen LogP contribution >= 0.6 is 7.29 Å². The van der Waals surface area contributed by atoms with Gasteiger partial charge in [0.1, 0.15) is 24.2 Å². The first-order valence-corrected chi connectivity index (χ1v) is 14.2. The molecule has 4 rings (SSSR count). The van der Waals surface area contributed by atoms with Crippen LogP contribution in [0.2, 0.25) is 0 Å². The second-order valence-electron chi connectivity index (χ2n) is 9.32. The van der Waals surface area contributed by atoms with Gasteiger partial charge in [-0.15, -0.1) is 0 Å². The van der Waals surface area contributed by atoms with Crippen LogP contribution in [0.4, 0.5) is 5.82 Å². The van der Waals surface area contributed by atoms with Crippen LogP contribution in [0, 0.1) is 0 Å². The van der Waals surface area contributed by atoms with Gasteiger partial charge in [-0.2, -0.15) is 0 Å². The molecule has 3 atom stereocenters. The zero-order chi connectivity index (χ0) is 26.6. The fourth-order valence-electron chi connectivity index (χ4n) is 3.92. The molecule has 0 saturated carbocycles. The van der Waals surface area contributed by atoms with E-state index in [9.17, 15) is 9.36 Å². The molecule has 0 aliphatic carbocycles. The van der Waals surface area contributed by atoms with Crippen molar-refractivity contribution < 1.29 is 28.3 Å². The van der Waals surface area contributed by atoms with Crippen molar-refractivity contribution >= 4 is 30.2 Å². The van der Waals surface area contributed by atoms with Crippen molar-refractivity contribution in [3.63, 3.8) is 0 Å². The summed E-state index contributed by atoms with van der Waals surface area (Å²) in [5.74, 6) is 1.19. The predicted octanol–water partition coefficient (Wildman–Crippen LogP) is 2.95. The summed E-state index contributed by atoms with van der Waals surface area (Å²) in [5, 5.41) is 3.02. The monoisotopic (exact) mass is 532 g/mol. The SMILES string of the molecule is CC(C)OC(=O)[C@@H](C)NP(=O)(CCc1ccc2c(c1)OCO2)CO[C@H](C)Cn1cnc2c(N)ncnc21. The Labute approximate surface area is 215 Å². The summed E-state index contributed by atoms with van der Waals surface area (Å²) >= 11 is 0. The molecule has 0 saturated heterocycles. The number of esters is 1. The van der Waals surface area contributed by atoms with E-state index < -0.39 is 19.3 Å². The average molecular weight is 533 g/mol. The Bertz CT molecular complexity index is 1300. The number of ether oxygens (including phenoxy) is 4. The average Bonchev–Trinajstić information content (AvgIpc) is 3.49. The minimum absolute atomic E-state index is 0.0677. The number of hydrogen-bond donors (Lipinski definition) is 2. The van der Waals surface area contributed by atoms with E-state index in [0.29, 0.717) is 41.4 Å². The number of rotatable bonds is 12. The van der Waals surface area contributed by atoms with Crippen LogP contribution in [0.1, 0.15) is 33.3 Å². The molecule has 3 heterocycles. The number of nitrogens with one attached hydrogen (secondary N) is 1. The summed E-state index contributed by atoms with van der Waals surface area (Å²) in [4.78, 5) is 24.9. The zero-order valence-electron chi connectivity index (χ0n) is 21.4. The number of carbonyl (C=O) groups is 1. The van der Waals surface area contributed by atoms with E-state index in [1.165, 1.54) is 6.33 Å². The maximum absolute atomic E-state index is 14.0. The summed E-state index contributed by atoms with van der Waals surface area (Å²) < 4.78 is 38.0. The molecule has 0 bridgehead atoms. The molecular weight excluding hydrogens is 499 g/mol. The van der Waals surface area contributed by atoms with Gasteiger partial charge in [0.2, 0.25) is 6.79 Å². The predicted molar refractivity (Wildman–Crippen MR) is 138 cm³/mol. The van der Waals surface area contributed by atoms with Gasteiger partial charge in [-0.3, -0.25) is 9.88 Å². The second-order valence-corrected chi connectivity index (χ2v) is 12.1. The third kappa shape index (κ3) is 6.76. The van der Waals surface area contributed by atoms with E-state index >= 15 is 0 Å². The van der Waals surface area contributed by atoms with Crippen LogP contribution in [0.3, 0.4) is 0 Å². The molecule has 2 aromatic heterocycles. The number of aromatic nitrogens is 4. The molecule has 3 N–H and O–H groups in total. The summed E-state index contributed by atoms with van der Waals surface area (Å²) in [6.07, 6.45) is 3.10. The number of anilines is 1. The quantitative estimate of drug-likeness (QED) is 0.261. The highest BCUT2D eigenvalue weighted by molar-refractivity contribution is 7.61. The number of nitrogen functional groups attached to an aromatic ring is 1. The van der Waals surface area contributed by atoms with E-state index in [0.717, 1.165) is 5.56 Å². The molecule has 13 heteroatoms. The molecule has 12 nitrogen and oxygen atoms in total. The highest BCUT2D eigenvalue weighted by Gasteiger charge is 2.29. The number of fused-ring (bicyclic) bond motifs is 2. The van der Waals surface area contributed by atoms with E-state index in [-0.39, 0.29) is 31.5 Å². The molecule has 3 aromatic rings. The first kappa shape index (κ1) is 26.8. The fraction of sp³-hybridized carbons (Fsp3) is 0.500. The maximum atomic E-state index is 14.0. The number of aryl methyl sites for hydroxylation is 1. The molecule has 200 valence electrons. The van der Waals surface area contributed by atoms with Gasteiger partial charge >= 0.3 is 5.97 Å². The van der Waals surface area contributed by atoms with Crippen LogP contribution in [0.5, 0.6) is 11.5 Å². The summed E-state index contributed by atoms with van der Waals surface area (Å²) in [5.41, 5.74) is 7.93. The largest absolute Gasteiger partial charge is 0.462 e. The fourth-order valence-corrected chi connectivity index (χ4v) is 6.18. The topological polar surface area (TPSA) is 153 Å². The van der Waals surface area contributed by atoms with Gasteiger partial charge in [0.15, 0.2) is 30.3 Å². The van der Waals surface area contributed by atoms with Gasteiger partial charge in [0.05, 0.1) is 25.1 Å². The molecule has 1 aromatic carbocycles. The molecule has 1 aliphatic rings. The number of imidazole rings is 1. The van der Waals surface area contributed by atoms with Gasteiger partial charge in [-0.1, -0.05) is 6.07 Å². The van der Waals surface area contributed by atoms with Crippen molar-refractivity contribution in [1.82, 2.24) is 24.6 Å². The highest BCUT2D eigenvalue weighted by Crippen LogP contribution is 2.43. The van der Waals surface area contributed by atoms with E-state index in [1.807, 2.05) is 29.7 Å². The van der Waals surface area contributed by atoms with E-state index in [2.05, 4.69) is 20.0 Å². The highest BCUT2D eigenvalue weighted by atomic mass is 31.2. The van der Waals surface area contributed by atoms with Gasteiger partial charge in [0.25, 0.3) is 0 Å². The number of carbonyl (C=O) groups excluding carboxylic acids is 1. The smallest absolute Gasteiger partial charge is 0.323 e. The Balaban J connectivity index is 1.43. The van der Waals surface area contributed by atoms with Gasteiger partial charge < -0.3 is 33.8 Å². The summed E-state index contributed by atoms with van der Waals surface area (Å²) in [6.45, 7) is 7.66. The molecule has 0 radical (unpaired) electrons. The number of nitrogens with zero attached hydrogens (tertiary/aromatic N) is 4. The van der Waals surface area contributed by atoms with Crippen molar-refractivity contribution in [1.29, 1.82) is 0 Å². The Morgan fingerprint density at radius 3 is 2.76 bits per heavy atom. The van der Waals surface area contributed by atoms with Gasteiger partial charge in [-0.05, 0) is 51.8 Å². The lowest BCUT2D eigenvalue weighted by Crippen LogP contribution is -2.36. The summed E-state index contributed by atoms with van der Waals surface area (Å²) in [7, 11) is -3.17. The van der Waals surface area contributed by atoms with Crippen LogP contribution < -0.4 is 20.3 Å². The molecule has 1 aliphatic heterocycles. The first-order chi connectivity index (χ1) is 17.6. The molecule has 37 heavy (non-hydrogen) atoms. The zero-order valence-corrected chi connectivity index (χ0v) is 22.3. The standard InChI is InChI=1S/C24H33N6O6P/c1-15(2)36-24(31)17(4)29-37(32,8-7-18-5-6-19-20(9-18)34-13-33-19)14-35-16(3)10-30-12-28-21-22(25)26-11-27-23(21)30/h5-6,9,11-12,15-17H,7-8,10,13-14H2,1-4H3,(H,29,32)(H2,25,26,27)/t16-,17-,37?/m1/s1. The van der Waals surface area contributed by atoms with Gasteiger partial charge in [-0.25, -0.2) is 15.0 Å². The Morgan fingerprint density at radius 2 is 1.97 bits per heavy atom. The van der Waals surface area contributed by atoms with Crippen LogP contribution in [-0.4, -0.2) is 63.0 Å². The molecule has 0 amide bonds. The molecule has 1 unspecified atom stereocenters. The van der Waals surface area contributed by atoms with Crippen molar-refractivity contribution in [2.75, 3.05) is 25.0 Å². The van der Waals surface area contributed by atoms with Crippen LogP contribution in [0.15, 0.2) is 30.9 Å².